The van der Waals surface area contributed by atoms with Crippen LogP contribution in [-0.2, 0) is 0 Å². The smallest absolute Gasteiger partial charge is 0.0203 e. The molecule has 2 fully saturated rings. The lowest BCUT2D eigenvalue weighted by Gasteiger charge is -2.41. The van der Waals surface area contributed by atoms with Crippen molar-refractivity contribution in [3.8, 4) is 0 Å². The Kier molecular flexibility index (Phi) is 1.86. The molecule has 0 aromatic rings. The Labute approximate surface area is 105 Å². The summed E-state index contributed by atoms with van der Waals surface area (Å²) in [6.45, 7) is 18.0. The molecule has 3 aliphatic carbocycles. The van der Waals surface area contributed by atoms with E-state index < -0.39 is 0 Å². The molecule has 0 amide bonds. The third-order valence-electron chi connectivity index (χ3n) is 5.84. The van der Waals surface area contributed by atoms with Crippen LogP contribution in [-0.4, -0.2) is 0 Å². The van der Waals surface area contributed by atoms with E-state index in [1.165, 1.54) is 52.7 Å². The van der Waals surface area contributed by atoms with Crippen LogP contribution in [0.1, 0.15) is 47.0 Å². The summed E-state index contributed by atoms with van der Waals surface area (Å²) in [5.41, 5.74) is 9.09. The van der Waals surface area contributed by atoms with Crippen molar-refractivity contribution in [1.29, 1.82) is 0 Å². The van der Waals surface area contributed by atoms with Crippen LogP contribution < -0.4 is 0 Å². The topological polar surface area (TPSA) is 0 Å². The maximum absolute atomic E-state index is 4.42. The number of fused-ring (bicyclic) bond motifs is 1. The van der Waals surface area contributed by atoms with Gasteiger partial charge < -0.3 is 0 Å². The molecule has 1 spiro atoms. The number of hydrogen-bond donors (Lipinski definition) is 0. The van der Waals surface area contributed by atoms with E-state index in [-0.39, 0.29) is 10.8 Å². The highest BCUT2D eigenvalue weighted by molar-refractivity contribution is 5.76. The van der Waals surface area contributed by atoms with Crippen LogP contribution in [0.5, 0.6) is 0 Å². The van der Waals surface area contributed by atoms with Crippen LogP contribution >= 0.6 is 0 Å². The number of allylic oxidation sites excluding steroid dienone is 6. The van der Waals surface area contributed by atoms with Crippen molar-refractivity contribution in [2.24, 2.45) is 10.8 Å². The van der Waals surface area contributed by atoms with Gasteiger partial charge in [-0.2, -0.15) is 0 Å². The van der Waals surface area contributed by atoms with Crippen LogP contribution in [0.4, 0.5) is 0 Å². The summed E-state index contributed by atoms with van der Waals surface area (Å²) < 4.78 is 0. The molecule has 0 aliphatic heterocycles. The predicted molar refractivity (Wildman–Crippen MR) is 73.7 cm³/mol. The third-order valence-corrected chi connectivity index (χ3v) is 5.84. The Morgan fingerprint density at radius 2 is 1.29 bits per heavy atom. The minimum absolute atomic E-state index is 0.196. The van der Waals surface area contributed by atoms with Crippen LogP contribution in [0, 0.1) is 10.8 Å². The van der Waals surface area contributed by atoms with Gasteiger partial charge in [-0.1, -0.05) is 44.6 Å². The minimum Gasteiger partial charge on any atom is -0.0943 e. The lowest BCUT2D eigenvalue weighted by molar-refractivity contribution is 0.257. The highest BCUT2D eigenvalue weighted by atomic mass is 14.6. The van der Waals surface area contributed by atoms with Gasteiger partial charge >= 0.3 is 0 Å². The van der Waals surface area contributed by atoms with Gasteiger partial charge in [0.05, 0.1) is 0 Å². The van der Waals surface area contributed by atoms with E-state index >= 15 is 0 Å². The van der Waals surface area contributed by atoms with Crippen molar-refractivity contribution in [1.82, 2.24) is 0 Å². The maximum atomic E-state index is 4.42. The zero-order valence-corrected chi connectivity index (χ0v) is 11.5. The Morgan fingerprint density at radius 1 is 0.882 bits per heavy atom. The lowest BCUT2D eigenvalue weighted by atomic mass is 9.62. The number of rotatable bonds is 0. The second kappa shape index (κ2) is 2.85. The SMILES string of the molecule is C=C1C2=C(C)C(C)(C)C(C)=C2C(=C)C12CCC2. The summed E-state index contributed by atoms with van der Waals surface area (Å²) in [5, 5.41) is 0. The normalized spacial score (nSPS) is 29.2. The van der Waals surface area contributed by atoms with E-state index in [9.17, 15) is 0 Å². The standard InChI is InChI=1S/C17H22/c1-10-14-12(3)17(8-7-9-17)13(4)15(14)11(2)16(10,5)6/h3-4,7-9H2,1-2,5-6H3. The maximum Gasteiger partial charge on any atom is 0.0203 e. The van der Waals surface area contributed by atoms with Gasteiger partial charge in [0.1, 0.15) is 0 Å². The van der Waals surface area contributed by atoms with E-state index in [1.54, 1.807) is 0 Å². The highest BCUT2D eigenvalue weighted by Crippen LogP contribution is 2.67. The monoisotopic (exact) mass is 226 g/mol. The summed E-state index contributed by atoms with van der Waals surface area (Å²) in [6.07, 6.45) is 3.86. The second-order valence-electron chi connectivity index (χ2n) is 6.52. The second-order valence-corrected chi connectivity index (χ2v) is 6.52. The van der Waals surface area contributed by atoms with Crippen molar-refractivity contribution in [2.45, 2.75) is 47.0 Å². The molecule has 2 saturated carbocycles. The van der Waals surface area contributed by atoms with Gasteiger partial charge in [0.2, 0.25) is 0 Å². The molecule has 0 saturated heterocycles. The molecule has 0 heterocycles. The predicted octanol–water partition coefficient (Wildman–Crippen LogP) is 4.96. The largest absolute Gasteiger partial charge is 0.0943 e. The Hall–Kier alpha value is -1.04. The van der Waals surface area contributed by atoms with Gasteiger partial charge in [-0.3, -0.25) is 0 Å². The molecule has 0 nitrogen and oxygen atoms in total. The van der Waals surface area contributed by atoms with E-state index in [0.717, 1.165) is 0 Å². The molecule has 0 aromatic heterocycles. The molecule has 90 valence electrons. The molecule has 0 heteroatoms. The van der Waals surface area contributed by atoms with E-state index in [4.69, 9.17) is 0 Å². The quantitative estimate of drug-likeness (QED) is 0.548. The molecular formula is C17H22. The first kappa shape index (κ1) is 11.1. The van der Waals surface area contributed by atoms with E-state index in [1.807, 2.05) is 0 Å². The molecule has 0 N–H and O–H groups in total. The fraction of sp³-hybridized carbons (Fsp3) is 0.529. The van der Waals surface area contributed by atoms with Crippen molar-refractivity contribution in [3.05, 3.63) is 46.6 Å². The average molecular weight is 226 g/mol. The van der Waals surface area contributed by atoms with Gasteiger partial charge in [0.15, 0.2) is 0 Å². The molecule has 0 bridgehead atoms. The zero-order chi connectivity index (χ0) is 12.6. The van der Waals surface area contributed by atoms with Crippen LogP contribution in [0.15, 0.2) is 46.6 Å². The van der Waals surface area contributed by atoms with Gasteiger partial charge in [-0.15, -0.1) is 0 Å². The van der Waals surface area contributed by atoms with Crippen LogP contribution in [0.3, 0.4) is 0 Å². The first-order chi connectivity index (χ1) is 7.84. The van der Waals surface area contributed by atoms with Gasteiger partial charge in [0, 0.05) is 10.8 Å². The van der Waals surface area contributed by atoms with Crippen LogP contribution in [0.2, 0.25) is 0 Å². The molecule has 0 radical (unpaired) electrons. The third kappa shape index (κ3) is 0.968. The Balaban J connectivity index is 2.27. The molecular weight excluding hydrogens is 204 g/mol. The van der Waals surface area contributed by atoms with E-state index in [2.05, 4.69) is 40.9 Å². The minimum atomic E-state index is 0.196. The molecule has 0 atom stereocenters. The molecule has 0 aromatic carbocycles. The zero-order valence-electron chi connectivity index (χ0n) is 11.5. The molecule has 0 unspecified atom stereocenters. The fourth-order valence-electron chi connectivity index (χ4n) is 3.83. The summed E-state index contributed by atoms with van der Waals surface area (Å²) >= 11 is 0. The first-order valence-electron chi connectivity index (χ1n) is 6.66. The Morgan fingerprint density at radius 3 is 1.59 bits per heavy atom. The van der Waals surface area contributed by atoms with Gasteiger partial charge in [-0.05, 0) is 49.0 Å². The van der Waals surface area contributed by atoms with Crippen LogP contribution in [0.25, 0.3) is 0 Å². The van der Waals surface area contributed by atoms with Crippen molar-refractivity contribution < 1.29 is 0 Å². The van der Waals surface area contributed by atoms with Crippen molar-refractivity contribution >= 4 is 0 Å². The van der Waals surface area contributed by atoms with Crippen molar-refractivity contribution in [2.75, 3.05) is 0 Å². The van der Waals surface area contributed by atoms with Gasteiger partial charge in [-0.25, -0.2) is 0 Å². The Bertz CT molecular complexity index is 474. The highest BCUT2D eigenvalue weighted by Gasteiger charge is 2.54. The summed E-state index contributed by atoms with van der Waals surface area (Å²) in [4.78, 5) is 0. The van der Waals surface area contributed by atoms with E-state index in [0.29, 0.717) is 0 Å². The lowest BCUT2D eigenvalue weighted by Crippen LogP contribution is -2.30. The number of hydrogen-bond acceptors (Lipinski definition) is 0. The molecule has 3 rings (SSSR count). The summed E-state index contributed by atoms with van der Waals surface area (Å²) in [5.74, 6) is 0. The molecule has 17 heavy (non-hydrogen) atoms. The van der Waals surface area contributed by atoms with Gasteiger partial charge in [0.25, 0.3) is 0 Å². The first-order valence-corrected chi connectivity index (χ1v) is 6.66. The summed E-state index contributed by atoms with van der Waals surface area (Å²) in [6, 6.07) is 0. The average Bonchev–Trinajstić information content (AvgIpc) is 2.52. The fourth-order valence-corrected chi connectivity index (χ4v) is 3.83. The molecule has 3 aliphatic rings. The summed E-state index contributed by atoms with van der Waals surface area (Å²) in [7, 11) is 0. The van der Waals surface area contributed by atoms with Crippen molar-refractivity contribution in [3.63, 3.8) is 0 Å².